The minimum Gasteiger partial charge on any atom is -0.383 e. The summed E-state index contributed by atoms with van der Waals surface area (Å²) < 4.78 is 5.35. The molecule has 17 heavy (non-hydrogen) atoms. The monoisotopic (exact) mass is 243 g/mol. The van der Waals surface area contributed by atoms with E-state index >= 15 is 0 Å². The fourth-order valence-corrected chi connectivity index (χ4v) is 2.30. The van der Waals surface area contributed by atoms with Crippen LogP contribution in [0.1, 0.15) is 20.8 Å². The quantitative estimate of drug-likeness (QED) is 0.710. The summed E-state index contributed by atoms with van der Waals surface area (Å²) in [7, 11) is 1.80. The second-order valence-corrected chi connectivity index (χ2v) is 5.14. The number of nitrogens with one attached hydrogen (secondary N) is 1. The van der Waals surface area contributed by atoms with Crippen molar-refractivity contribution in [1.82, 2.24) is 15.1 Å². The van der Waals surface area contributed by atoms with Crippen molar-refractivity contribution in [2.24, 2.45) is 0 Å². The molecule has 1 atom stereocenters. The molecule has 0 aromatic heterocycles. The molecular weight excluding hydrogens is 214 g/mol. The summed E-state index contributed by atoms with van der Waals surface area (Å²) in [4.78, 5) is 5.07. The van der Waals surface area contributed by atoms with Crippen LogP contribution < -0.4 is 5.32 Å². The van der Waals surface area contributed by atoms with Crippen molar-refractivity contribution in [3.63, 3.8) is 0 Å². The van der Waals surface area contributed by atoms with E-state index in [0.717, 1.165) is 13.2 Å². The summed E-state index contributed by atoms with van der Waals surface area (Å²) in [5.41, 5.74) is 0. The topological polar surface area (TPSA) is 27.7 Å². The Morgan fingerprint density at radius 1 is 1.18 bits per heavy atom. The lowest BCUT2D eigenvalue weighted by atomic mass is 10.2. The first kappa shape index (κ1) is 14.9. The molecule has 1 aliphatic rings. The molecule has 0 aromatic rings. The molecule has 1 saturated heterocycles. The fourth-order valence-electron chi connectivity index (χ4n) is 2.30. The summed E-state index contributed by atoms with van der Waals surface area (Å²) in [5, 5.41) is 3.52. The number of hydrogen-bond acceptors (Lipinski definition) is 4. The van der Waals surface area contributed by atoms with Gasteiger partial charge in [-0.25, -0.2) is 0 Å². The Morgan fingerprint density at radius 2 is 1.82 bits per heavy atom. The van der Waals surface area contributed by atoms with E-state index < -0.39 is 0 Å². The Kier molecular flexibility index (Phi) is 7.04. The fraction of sp³-hybridized carbons (Fsp3) is 1.00. The molecule has 0 aliphatic carbocycles. The average molecular weight is 243 g/mol. The van der Waals surface area contributed by atoms with E-state index in [2.05, 4.69) is 35.9 Å². The zero-order valence-corrected chi connectivity index (χ0v) is 11.9. The molecule has 1 heterocycles. The SMILES string of the molecule is CCN1CCN(C(CNC(C)C)COC)CC1. The molecule has 1 rings (SSSR count). The standard InChI is InChI=1S/C13H29N3O/c1-5-15-6-8-16(9-7-15)13(11-17-4)10-14-12(2)3/h12-14H,5-11H2,1-4H3. The highest BCUT2D eigenvalue weighted by atomic mass is 16.5. The van der Waals surface area contributed by atoms with E-state index in [9.17, 15) is 0 Å². The molecular formula is C13H29N3O. The maximum atomic E-state index is 5.35. The normalized spacial score (nSPS) is 21.0. The van der Waals surface area contributed by atoms with Crippen LogP contribution in [0.25, 0.3) is 0 Å². The van der Waals surface area contributed by atoms with Crippen molar-refractivity contribution in [1.29, 1.82) is 0 Å². The third-order valence-corrected chi connectivity index (χ3v) is 3.49. The number of rotatable bonds is 7. The third-order valence-electron chi connectivity index (χ3n) is 3.49. The summed E-state index contributed by atoms with van der Waals surface area (Å²) in [5.74, 6) is 0. The molecule has 0 bridgehead atoms. The molecule has 4 nitrogen and oxygen atoms in total. The Morgan fingerprint density at radius 3 is 2.29 bits per heavy atom. The number of likely N-dealkylation sites (N-methyl/N-ethyl adjacent to an activating group) is 1. The van der Waals surface area contributed by atoms with Crippen LogP contribution >= 0.6 is 0 Å². The van der Waals surface area contributed by atoms with Crippen molar-refractivity contribution < 1.29 is 4.74 Å². The molecule has 0 amide bonds. The van der Waals surface area contributed by atoms with Gasteiger partial charge in [-0.3, -0.25) is 4.90 Å². The van der Waals surface area contributed by atoms with Gasteiger partial charge in [0.25, 0.3) is 0 Å². The summed E-state index contributed by atoms with van der Waals surface area (Å²) >= 11 is 0. The van der Waals surface area contributed by atoms with Gasteiger partial charge in [0.2, 0.25) is 0 Å². The third kappa shape index (κ3) is 5.34. The first-order valence-corrected chi connectivity index (χ1v) is 6.86. The predicted octanol–water partition coefficient (Wildman–Crippen LogP) is 0.637. The van der Waals surface area contributed by atoms with Gasteiger partial charge in [0, 0.05) is 51.9 Å². The molecule has 1 aliphatic heterocycles. The van der Waals surface area contributed by atoms with Crippen LogP contribution in [0.15, 0.2) is 0 Å². The van der Waals surface area contributed by atoms with Crippen molar-refractivity contribution in [3.05, 3.63) is 0 Å². The van der Waals surface area contributed by atoms with Gasteiger partial charge in [0.1, 0.15) is 0 Å². The molecule has 4 heteroatoms. The van der Waals surface area contributed by atoms with E-state index in [-0.39, 0.29) is 0 Å². The molecule has 1 N–H and O–H groups in total. The summed E-state index contributed by atoms with van der Waals surface area (Å²) in [6.07, 6.45) is 0. The lowest BCUT2D eigenvalue weighted by Crippen LogP contribution is -2.54. The van der Waals surface area contributed by atoms with E-state index in [0.29, 0.717) is 12.1 Å². The molecule has 0 aromatic carbocycles. The summed E-state index contributed by atoms with van der Waals surface area (Å²) in [6.45, 7) is 14.4. The maximum absolute atomic E-state index is 5.35. The van der Waals surface area contributed by atoms with Gasteiger partial charge in [0.15, 0.2) is 0 Å². The molecule has 102 valence electrons. The lowest BCUT2D eigenvalue weighted by Gasteiger charge is -2.39. The molecule has 1 unspecified atom stereocenters. The van der Waals surface area contributed by atoms with Crippen molar-refractivity contribution in [2.75, 3.05) is 53.0 Å². The second kappa shape index (κ2) is 8.03. The lowest BCUT2D eigenvalue weighted by molar-refractivity contribution is 0.0503. The smallest absolute Gasteiger partial charge is 0.0630 e. The number of ether oxygens (including phenoxy) is 1. The van der Waals surface area contributed by atoms with Gasteiger partial charge in [-0.2, -0.15) is 0 Å². The van der Waals surface area contributed by atoms with E-state index in [1.165, 1.54) is 32.7 Å². The van der Waals surface area contributed by atoms with Gasteiger partial charge in [-0.05, 0) is 6.54 Å². The largest absolute Gasteiger partial charge is 0.383 e. The van der Waals surface area contributed by atoms with Crippen LogP contribution in [0.3, 0.4) is 0 Å². The van der Waals surface area contributed by atoms with Crippen LogP contribution in [-0.2, 0) is 4.74 Å². The van der Waals surface area contributed by atoms with Gasteiger partial charge in [-0.15, -0.1) is 0 Å². The number of piperazine rings is 1. The highest BCUT2D eigenvalue weighted by molar-refractivity contribution is 4.80. The molecule has 0 saturated carbocycles. The average Bonchev–Trinajstić information content (AvgIpc) is 2.34. The van der Waals surface area contributed by atoms with Crippen molar-refractivity contribution >= 4 is 0 Å². The maximum Gasteiger partial charge on any atom is 0.0630 e. The number of nitrogens with zero attached hydrogens (tertiary/aromatic N) is 2. The van der Waals surface area contributed by atoms with Gasteiger partial charge < -0.3 is 15.0 Å². The number of hydrogen-bond donors (Lipinski definition) is 1. The second-order valence-electron chi connectivity index (χ2n) is 5.14. The van der Waals surface area contributed by atoms with Gasteiger partial charge in [0.05, 0.1) is 6.61 Å². The van der Waals surface area contributed by atoms with E-state index in [1.54, 1.807) is 7.11 Å². The van der Waals surface area contributed by atoms with Crippen LogP contribution in [0, 0.1) is 0 Å². The minimum absolute atomic E-state index is 0.515. The zero-order chi connectivity index (χ0) is 12.7. The van der Waals surface area contributed by atoms with Crippen molar-refractivity contribution in [2.45, 2.75) is 32.9 Å². The van der Waals surface area contributed by atoms with Crippen LogP contribution in [0.5, 0.6) is 0 Å². The van der Waals surface area contributed by atoms with E-state index in [4.69, 9.17) is 4.74 Å². The van der Waals surface area contributed by atoms with Crippen LogP contribution in [-0.4, -0.2) is 74.9 Å². The van der Waals surface area contributed by atoms with Crippen molar-refractivity contribution in [3.8, 4) is 0 Å². The summed E-state index contributed by atoms with van der Waals surface area (Å²) in [6, 6.07) is 1.06. The molecule has 1 fully saturated rings. The van der Waals surface area contributed by atoms with Gasteiger partial charge in [-0.1, -0.05) is 20.8 Å². The predicted molar refractivity (Wildman–Crippen MR) is 72.5 cm³/mol. The van der Waals surface area contributed by atoms with Crippen LogP contribution in [0.4, 0.5) is 0 Å². The highest BCUT2D eigenvalue weighted by Gasteiger charge is 2.22. The van der Waals surface area contributed by atoms with Gasteiger partial charge >= 0.3 is 0 Å². The number of methoxy groups -OCH3 is 1. The van der Waals surface area contributed by atoms with E-state index in [1.807, 2.05) is 0 Å². The minimum atomic E-state index is 0.515. The first-order valence-electron chi connectivity index (χ1n) is 6.86. The Balaban J connectivity index is 2.36. The molecule has 0 radical (unpaired) electrons. The Labute approximate surface area is 106 Å². The first-order chi connectivity index (χ1) is 8.17. The Hall–Kier alpha value is -0.160. The zero-order valence-electron chi connectivity index (χ0n) is 11.9. The molecule has 0 spiro atoms. The highest BCUT2D eigenvalue weighted by Crippen LogP contribution is 2.06. The van der Waals surface area contributed by atoms with Crippen LogP contribution in [0.2, 0.25) is 0 Å². The Bertz CT molecular complexity index is 191.